The Morgan fingerprint density at radius 1 is 1.03 bits per heavy atom. The molecule has 196 valence electrons. The molecule has 5 aliphatic rings. The van der Waals surface area contributed by atoms with Crippen molar-refractivity contribution in [2.75, 3.05) is 13.2 Å². The van der Waals surface area contributed by atoms with E-state index in [0.29, 0.717) is 23.7 Å². The van der Waals surface area contributed by atoms with Gasteiger partial charge in [-0.3, -0.25) is 0 Å². The van der Waals surface area contributed by atoms with E-state index in [9.17, 15) is 5.11 Å². The molecule has 0 amide bonds. The molecule has 3 nitrogen and oxygen atoms in total. The lowest BCUT2D eigenvalue weighted by Crippen LogP contribution is -2.52. The quantitative estimate of drug-likeness (QED) is 0.442. The largest absolute Gasteiger partial charge is 0.393 e. The van der Waals surface area contributed by atoms with Crippen molar-refractivity contribution in [3.05, 3.63) is 52.6 Å². The summed E-state index contributed by atoms with van der Waals surface area (Å²) in [5, 5.41) is 11.2. The zero-order valence-corrected chi connectivity index (χ0v) is 22.9. The summed E-state index contributed by atoms with van der Waals surface area (Å²) in [6.45, 7) is 10.7. The third-order valence-corrected chi connectivity index (χ3v) is 10.6. The van der Waals surface area contributed by atoms with Crippen LogP contribution in [0.5, 0.6) is 0 Å². The summed E-state index contributed by atoms with van der Waals surface area (Å²) in [6, 6.07) is 9.25. The first-order valence-electron chi connectivity index (χ1n) is 14.7. The molecule has 3 heteroatoms. The van der Waals surface area contributed by atoms with Gasteiger partial charge >= 0.3 is 0 Å². The number of hydrogen-bond donors (Lipinski definition) is 1. The molecular weight excluding hydrogens is 444 g/mol. The maximum Gasteiger partial charge on any atom is 0.169 e. The number of fused-ring (bicyclic) bond motifs is 4. The van der Waals surface area contributed by atoms with E-state index in [1.807, 2.05) is 0 Å². The zero-order valence-electron chi connectivity index (χ0n) is 22.9. The molecule has 1 spiro atoms. The van der Waals surface area contributed by atoms with Crippen LogP contribution in [0, 0.1) is 28.6 Å². The molecule has 1 N–H and O–H groups in total. The SMILES string of the molecule is CC/C=C/c1cccc(C2CC3(C)C(O)CCC3C3CCC4CC5(CCC4=C23)OCC(C)(C)CO5)c1. The van der Waals surface area contributed by atoms with Gasteiger partial charge in [0.15, 0.2) is 5.79 Å². The van der Waals surface area contributed by atoms with E-state index in [2.05, 4.69) is 64.1 Å². The molecule has 0 radical (unpaired) electrons. The molecule has 36 heavy (non-hydrogen) atoms. The van der Waals surface area contributed by atoms with Gasteiger partial charge in [-0.25, -0.2) is 0 Å². The predicted octanol–water partition coefficient (Wildman–Crippen LogP) is 7.65. The molecule has 1 aromatic carbocycles. The van der Waals surface area contributed by atoms with Crippen molar-refractivity contribution < 1.29 is 14.6 Å². The van der Waals surface area contributed by atoms with Gasteiger partial charge in [0, 0.05) is 24.2 Å². The van der Waals surface area contributed by atoms with Crippen LogP contribution in [0.1, 0.15) is 103 Å². The van der Waals surface area contributed by atoms with Gasteiger partial charge in [0.2, 0.25) is 0 Å². The summed E-state index contributed by atoms with van der Waals surface area (Å²) in [6.07, 6.45) is 14.3. The van der Waals surface area contributed by atoms with Crippen LogP contribution >= 0.6 is 0 Å². The second-order valence-corrected chi connectivity index (χ2v) is 13.7. The molecule has 1 saturated heterocycles. The number of benzene rings is 1. The summed E-state index contributed by atoms with van der Waals surface area (Å²) in [7, 11) is 0. The van der Waals surface area contributed by atoms with Crippen LogP contribution in [0.25, 0.3) is 6.08 Å². The van der Waals surface area contributed by atoms with Crippen molar-refractivity contribution in [2.45, 2.75) is 103 Å². The van der Waals surface area contributed by atoms with E-state index < -0.39 is 0 Å². The Labute approximate surface area is 218 Å². The number of rotatable bonds is 3. The van der Waals surface area contributed by atoms with Gasteiger partial charge in [-0.15, -0.1) is 0 Å². The summed E-state index contributed by atoms with van der Waals surface area (Å²) < 4.78 is 13.0. The summed E-state index contributed by atoms with van der Waals surface area (Å²) in [4.78, 5) is 0. The minimum atomic E-state index is -0.371. The smallest absolute Gasteiger partial charge is 0.169 e. The van der Waals surface area contributed by atoms with E-state index in [4.69, 9.17) is 9.47 Å². The second kappa shape index (κ2) is 9.10. The maximum atomic E-state index is 11.2. The van der Waals surface area contributed by atoms with Crippen molar-refractivity contribution in [1.82, 2.24) is 0 Å². The van der Waals surface area contributed by atoms with Gasteiger partial charge in [0.1, 0.15) is 0 Å². The van der Waals surface area contributed by atoms with E-state index in [1.54, 1.807) is 11.1 Å². The molecule has 1 aromatic rings. The lowest BCUT2D eigenvalue weighted by molar-refractivity contribution is -0.312. The third kappa shape index (κ3) is 4.14. The molecule has 0 aromatic heterocycles. The minimum absolute atomic E-state index is 0.0263. The van der Waals surface area contributed by atoms with Crippen LogP contribution in [0.15, 0.2) is 41.5 Å². The molecule has 4 aliphatic carbocycles. The fraction of sp³-hybridized carbons (Fsp3) is 0.697. The average Bonchev–Trinajstić information content (AvgIpc) is 3.18. The fourth-order valence-corrected chi connectivity index (χ4v) is 8.63. The zero-order chi connectivity index (χ0) is 25.1. The molecule has 0 bridgehead atoms. The van der Waals surface area contributed by atoms with Gasteiger partial charge in [0.05, 0.1) is 19.3 Å². The summed E-state index contributed by atoms with van der Waals surface area (Å²) >= 11 is 0. The first-order valence-corrected chi connectivity index (χ1v) is 14.7. The highest BCUT2D eigenvalue weighted by Gasteiger charge is 2.57. The van der Waals surface area contributed by atoms with Crippen molar-refractivity contribution in [3.8, 4) is 0 Å². The van der Waals surface area contributed by atoms with Crippen molar-refractivity contribution in [2.24, 2.45) is 28.6 Å². The predicted molar refractivity (Wildman–Crippen MR) is 145 cm³/mol. The van der Waals surface area contributed by atoms with Gasteiger partial charge < -0.3 is 14.6 Å². The Balaban J connectivity index is 1.38. The van der Waals surface area contributed by atoms with Crippen molar-refractivity contribution in [1.29, 1.82) is 0 Å². The number of aliphatic hydroxyl groups excluding tert-OH is 1. The van der Waals surface area contributed by atoms with Gasteiger partial charge in [-0.2, -0.15) is 0 Å². The van der Waals surface area contributed by atoms with Crippen molar-refractivity contribution >= 4 is 6.08 Å². The highest BCUT2D eigenvalue weighted by Crippen LogP contribution is 2.65. The van der Waals surface area contributed by atoms with Gasteiger partial charge in [-0.1, -0.05) is 75.3 Å². The number of hydrogen-bond acceptors (Lipinski definition) is 3. The lowest BCUT2D eigenvalue weighted by atomic mass is 9.52. The third-order valence-electron chi connectivity index (χ3n) is 10.6. The molecule has 1 aliphatic heterocycles. The Morgan fingerprint density at radius 2 is 1.83 bits per heavy atom. The highest BCUT2D eigenvalue weighted by atomic mass is 16.7. The first kappa shape index (κ1) is 24.9. The van der Waals surface area contributed by atoms with Gasteiger partial charge in [-0.05, 0) is 79.2 Å². The highest BCUT2D eigenvalue weighted by molar-refractivity contribution is 5.52. The minimum Gasteiger partial charge on any atom is -0.393 e. The van der Waals surface area contributed by atoms with Crippen LogP contribution in [-0.2, 0) is 9.47 Å². The summed E-state index contributed by atoms with van der Waals surface area (Å²) in [5.74, 6) is 1.86. The number of ether oxygens (including phenoxy) is 2. The van der Waals surface area contributed by atoms with Crippen LogP contribution in [-0.4, -0.2) is 30.2 Å². The monoisotopic (exact) mass is 490 g/mol. The standard InChI is InChI=1S/C33H46O3/c1-5-6-8-22-9-7-10-23(17-22)27-19-32(4)28(13-14-29(32)34)26-12-11-24-18-33(16-15-25(24)30(26)27)35-20-31(2,3)21-36-33/h6-10,17,24,26-29,34H,5,11-16,18-21H2,1-4H3/b8-6+. The molecule has 6 unspecified atom stereocenters. The van der Waals surface area contributed by atoms with Crippen LogP contribution < -0.4 is 0 Å². The van der Waals surface area contributed by atoms with Crippen LogP contribution in [0.4, 0.5) is 0 Å². The average molecular weight is 491 g/mol. The number of aliphatic hydroxyl groups is 1. The molecular formula is C33H46O3. The molecule has 6 rings (SSSR count). The summed E-state index contributed by atoms with van der Waals surface area (Å²) in [5.41, 5.74) is 6.38. The maximum absolute atomic E-state index is 11.2. The number of allylic oxidation sites excluding steroid dienone is 3. The molecule has 1 heterocycles. The first-order chi connectivity index (χ1) is 17.2. The fourth-order valence-electron chi connectivity index (χ4n) is 8.63. The van der Waals surface area contributed by atoms with Crippen LogP contribution in [0.3, 0.4) is 0 Å². The molecule has 3 saturated carbocycles. The van der Waals surface area contributed by atoms with E-state index in [0.717, 1.165) is 51.7 Å². The van der Waals surface area contributed by atoms with E-state index in [1.165, 1.54) is 30.4 Å². The lowest BCUT2D eigenvalue weighted by Gasteiger charge is -2.55. The van der Waals surface area contributed by atoms with Crippen LogP contribution in [0.2, 0.25) is 0 Å². The Kier molecular flexibility index (Phi) is 6.29. The Bertz CT molecular complexity index is 1040. The Morgan fingerprint density at radius 3 is 2.61 bits per heavy atom. The van der Waals surface area contributed by atoms with E-state index >= 15 is 0 Å². The molecule has 4 fully saturated rings. The topological polar surface area (TPSA) is 38.7 Å². The van der Waals surface area contributed by atoms with Crippen molar-refractivity contribution in [3.63, 3.8) is 0 Å². The molecule has 6 atom stereocenters. The second-order valence-electron chi connectivity index (χ2n) is 13.7. The van der Waals surface area contributed by atoms with E-state index in [-0.39, 0.29) is 22.7 Å². The van der Waals surface area contributed by atoms with Gasteiger partial charge in [0.25, 0.3) is 0 Å². The Hall–Kier alpha value is -1.42. The normalized spacial score (nSPS) is 39.2.